The standard InChI is InChI=1S/C11H15BrN2OS/c1-7(8-4-13-5-8)11(15)14-6-10-9(12)2-3-16-10/h2-3,7-8,13H,4-6H2,1H3,(H,14,15). The highest BCUT2D eigenvalue weighted by molar-refractivity contribution is 9.10. The number of thiophene rings is 1. The van der Waals surface area contributed by atoms with Crippen molar-refractivity contribution in [3.63, 3.8) is 0 Å². The van der Waals surface area contributed by atoms with E-state index < -0.39 is 0 Å². The van der Waals surface area contributed by atoms with Crippen LogP contribution in [0.5, 0.6) is 0 Å². The molecule has 0 bridgehead atoms. The topological polar surface area (TPSA) is 41.1 Å². The Morgan fingerprint density at radius 3 is 3.00 bits per heavy atom. The number of hydrogen-bond acceptors (Lipinski definition) is 3. The lowest BCUT2D eigenvalue weighted by molar-refractivity contribution is -0.126. The van der Waals surface area contributed by atoms with Crippen molar-refractivity contribution in [3.8, 4) is 0 Å². The third-order valence-corrected chi connectivity index (χ3v) is 4.97. The molecule has 0 radical (unpaired) electrons. The average molecular weight is 303 g/mol. The maximum absolute atomic E-state index is 11.8. The van der Waals surface area contributed by atoms with Crippen LogP contribution in [0.1, 0.15) is 11.8 Å². The van der Waals surface area contributed by atoms with Gasteiger partial charge in [-0.1, -0.05) is 6.92 Å². The van der Waals surface area contributed by atoms with Crippen molar-refractivity contribution in [3.05, 3.63) is 20.8 Å². The fourth-order valence-electron chi connectivity index (χ4n) is 1.66. The van der Waals surface area contributed by atoms with E-state index in [1.807, 2.05) is 18.4 Å². The van der Waals surface area contributed by atoms with Gasteiger partial charge < -0.3 is 10.6 Å². The molecule has 2 rings (SSSR count). The molecule has 1 aromatic rings. The molecule has 2 N–H and O–H groups in total. The summed E-state index contributed by atoms with van der Waals surface area (Å²) in [7, 11) is 0. The fourth-order valence-corrected chi connectivity index (χ4v) is 3.09. The normalized spacial score (nSPS) is 17.9. The molecule has 0 aromatic carbocycles. The van der Waals surface area contributed by atoms with E-state index >= 15 is 0 Å². The molecule has 1 unspecified atom stereocenters. The van der Waals surface area contributed by atoms with Gasteiger partial charge >= 0.3 is 0 Å². The summed E-state index contributed by atoms with van der Waals surface area (Å²) >= 11 is 5.11. The first-order valence-electron chi connectivity index (χ1n) is 5.39. The van der Waals surface area contributed by atoms with E-state index in [9.17, 15) is 4.79 Å². The molecule has 3 nitrogen and oxygen atoms in total. The Morgan fingerprint density at radius 2 is 2.50 bits per heavy atom. The van der Waals surface area contributed by atoms with Gasteiger partial charge in [-0.2, -0.15) is 0 Å². The summed E-state index contributed by atoms with van der Waals surface area (Å²) in [5, 5.41) is 8.20. The minimum Gasteiger partial charge on any atom is -0.351 e. The molecule has 1 amide bonds. The first-order valence-corrected chi connectivity index (χ1v) is 7.06. The van der Waals surface area contributed by atoms with Gasteiger partial charge in [0.05, 0.1) is 6.54 Å². The van der Waals surface area contributed by atoms with Gasteiger partial charge in [-0.3, -0.25) is 4.79 Å². The van der Waals surface area contributed by atoms with Crippen molar-refractivity contribution >= 4 is 33.2 Å². The van der Waals surface area contributed by atoms with E-state index in [0.717, 1.165) is 17.6 Å². The number of hydrogen-bond donors (Lipinski definition) is 2. The third kappa shape index (κ3) is 2.64. The maximum Gasteiger partial charge on any atom is 0.223 e. The Hall–Kier alpha value is -0.390. The van der Waals surface area contributed by atoms with Gasteiger partial charge in [0.1, 0.15) is 0 Å². The number of nitrogens with one attached hydrogen (secondary N) is 2. The van der Waals surface area contributed by atoms with Crippen LogP contribution in [0.4, 0.5) is 0 Å². The molecule has 0 aliphatic carbocycles. The second kappa shape index (κ2) is 5.29. The second-order valence-electron chi connectivity index (χ2n) is 4.12. The zero-order valence-electron chi connectivity index (χ0n) is 9.13. The van der Waals surface area contributed by atoms with Gasteiger partial charge in [-0.15, -0.1) is 11.3 Å². The molecular weight excluding hydrogens is 288 g/mol. The van der Waals surface area contributed by atoms with Gasteiger partial charge in [0, 0.05) is 15.3 Å². The van der Waals surface area contributed by atoms with Crippen LogP contribution in [0, 0.1) is 11.8 Å². The van der Waals surface area contributed by atoms with Crippen LogP contribution in [0.2, 0.25) is 0 Å². The highest BCUT2D eigenvalue weighted by Crippen LogP contribution is 2.22. The molecule has 0 saturated carbocycles. The first kappa shape index (κ1) is 12.1. The Labute approximate surface area is 108 Å². The first-order chi connectivity index (χ1) is 7.68. The lowest BCUT2D eigenvalue weighted by atomic mass is 9.88. The smallest absolute Gasteiger partial charge is 0.223 e. The Bertz CT molecular complexity index is 376. The third-order valence-electron chi connectivity index (χ3n) is 3.05. The summed E-state index contributed by atoms with van der Waals surface area (Å²) in [6.07, 6.45) is 0. The minimum absolute atomic E-state index is 0.111. The van der Waals surface area contributed by atoms with E-state index in [1.165, 1.54) is 4.88 Å². The maximum atomic E-state index is 11.8. The molecule has 1 aromatic heterocycles. The summed E-state index contributed by atoms with van der Waals surface area (Å²) < 4.78 is 1.08. The highest BCUT2D eigenvalue weighted by Gasteiger charge is 2.28. The van der Waals surface area contributed by atoms with Crippen LogP contribution < -0.4 is 10.6 Å². The van der Waals surface area contributed by atoms with Gasteiger partial charge in [-0.05, 0) is 46.4 Å². The highest BCUT2D eigenvalue weighted by atomic mass is 79.9. The summed E-state index contributed by atoms with van der Waals surface area (Å²) in [6, 6.07) is 2.01. The van der Waals surface area contributed by atoms with E-state index in [4.69, 9.17) is 0 Å². The predicted octanol–water partition coefficient (Wildman–Crippen LogP) is 1.98. The average Bonchev–Trinajstić information content (AvgIpc) is 2.57. The van der Waals surface area contributed by atoms with E-state index in [2.05, 4.69) is 26.6 Å². The quantitative estimate of drug-likeness (QED) is 0.893. The van der Waals surface area contributed by atoms with Crippen molar-refractivity contribution in [2.24, 2.45) is 11.8 Å². The van der Waals surface area contributed by atoms with E-state index in [-0.39, 0.29) is 11.8 Å². The summed E-state index contributed by atoms with van der Waals surface area (Å²) in [4.78, 5) is 13.0. The molecule has 5 heteroatoms. The molecule has 16 heavy (non-hydrogen) atoms. The Kier molecular flexibility index (Phi) is 4.00. The van der Waals surface area contributed by atoms with Gasteiger partial charge in [-0.25, -0.2) is 0 Å². The monoisotopic (exact) mass is 302 g/mol. The number of carbonyl (C=O) groups excluding carboxylic acids is 1. The van der Waals surface area contributed by atoms with Gasteiger partial charge in [0.15, 0.2) is 0 Å². The summed E-state index contributed by atoms with van der Waals surface area (Å²) in [6.45, 7) is 4.57. The zero-order chi connectivity index (χ0) is 11.5. The van der Waals surface area contributed by atoms with Crippen LogP contribution in [0.25, 0.3) is 0 Å². The van der Waals surface area contributed by atoms with Crippen molar-refractivity contribution in [1.82, 2.24) is 10.6 Å². The van der Waals surface area contributed by atoms with Crippen molar-refractivity contribution < 1.29 is 4.79 Å². The largest absolute Gasteiger partial charge is 0.351 e. The number of amides is 1. The molecule has 88 valence electrons. The van der Waals surface area contributed by atoms with Crippen LogP contribution in [0.15, 0.2) is 15.9 Å². The van der Waals surface area contributed by atoms with Crippen molar-refractivity contribution in [2.75, 3.05) is 13.1 Å². The molecule has 1 saturated heterocycles. The Morgan fingerprint density at radius 1 is 1.75 bits per heavy atom. The van der Waals surface area contributed by atoms with E-state index in [1.54, 1.807) is 11.3 Å². The van der Waals surface area contributed by atoms with Gasteiger partial charge in [0.2, 0.25) is 5.91 Å². The van der Waals surface area contributed by atoms with Crippen LogP contribution in [0.3, 0.4) is 0 Å². The SMILES string of the molecule is CC(C(=O)NCc1sccc1Br)C1CNC1. The molecule has 1 aliphatic heterocycles. The molecule has 1 aliphatic rings. The minimum atomic E-state index is 0.111. The summed E-state index contributed by atoms with van der Waals surface area (Å²) in [5.41, 5.74) is 0. The summed E-state index contributed by atoms with van der Waals surface area (Å²) in [5.74, 6) is 0.776. The molecule has 2 heterocycles. The lowest BCUT2D eigenvalue weighted by Gasteiger charge is -2.31. The lowest BCUT2D eigenvalue weighted by Crippen LogP contribution is -2.49. The van der Waals surface area contributed by atoms with Crippen molar-refractivity contribution in [1.29, 1.82) is 0 Å². The van der Waals surface area contributed by atoms with Crippen LogP contribution in [-0.2, 0) is 11.3 Å². The Balaban J connectivity index is 1.81. The molecule has 0 spiro atoms. The van der Waals surface area contributed by atoms with Gasteiger partial charge in [0.25, 0.3) is 0 Å². The number of rotatable bonds is 4. The molecular formula is C11H15BrN2OS. The number of carbonyl (C=O) groups is 1. The van der Waals surface area contributed by atoms with E-state index in [0.29, 0.717) is 12.5 Å². The van der Waals surface area contributed by atoms with Crippen molar-refractivity contribution in [2.45, 2.75) is 13.5 Å². The zero-order valence-corrected chi connectivity index (χ0v) is 11.5. The second-order valence-corrected chi connectivity index (χ2v) is 5.97. The fraction of sp³-hybridized carbons (Fsp3) is 0.545. The predicted molar refractivity (Wildman–Crippen MR) is 69.4 cm³/mol. The van der Waals surface area contributed by atoms with Crippen LogP contribution in [-0.4, -0.2) is 19.0 Å². The molecule has 1 atom stereocenters. The van der Waals surface area contributed by atoms with Crippen LogP contribution >= 0.6 is 27.3 Å². The molecule has 1 fully saturated rings. The number of halogens is 1.